The van der Waals surface area contributed by atoms with Crippen LogP contribution in [0.1, 0.15) is 25.0 Å². The van der Waals surface area contributed by atoms with Crippen molar-refractivity contribution in [1.29, 1.82) is 0 Å². The van der Waals surface area contributed by atoms with Gasteiger partial charge < -0.3 is 21.4 Å². The van der Waals surface area contributed by atoms with Crippen molar-refractivity contribution in [2.75, 3.05) is 13.1 Å². The third-order valence-corrected chi connectivity index (χ3v) is 3.72. The number of nitrogens with two attached hydrogens (primary N) is 1. The highest BCUT2D eigenvalue weighted by atomic mass is 16.2. The molecule has 1 aromatic heterocycles. The Morgan fingerprint density at radius 2 is 2.27 bits per heavy atom. The maximum absolute atomic E-state index is 12.7. The van der Waals surface area contributed by atoms with Crippen LogP contribution in [0.3, 0.4) is 0 Å². The molecule has 2 atom stereocenters. The maximum atomic E-state index is 12.7. The number of amides is 2. The quantitative estimate of drug-likeness (QED) is 0.495. The smallest absolute Gasteiger partial charge is 0.234 e. The van der Waals surface area contributed by atoms with Gasteiger partial charge in [-0.2, -0.15) is 0 Å². The van der Waals surface area contributed by atoms with Gasteiger partial charge in [0.15, 0.2) is 5.78 Å². The van der Waals surface area contributed by atoms with Gasteiger partial charge in [-0.15, -0.1) is 0 Å². The lowest BCUT2D eigenvalue weighted by molar-refractivity contribution is -0.136. The minimum Gasteiger partial charge on any atom is -0.355 e. The molecule has 8 heteroatoms. The average molecular weight is 307 g/mol. The number of aromatic nitrogens is 2. The van der Waals surface area contributed by atoms with Crippen molar-refractivity contribution in [1.82, 2.24) is 20.6 Å². The van der Waals surface area contributed by atoms with E-state index in [-0.39, 0.29) is 24.7 Å². The van der Waals surface area contributed by atoms with Crippen LogP contribution in [0, 0.1) is 5.92 Å². The summed E-state index contributed by atoms with van der Waals surface area (Å²) < 4.78 is 0. The molecule has 1 aromatic rings. The highest BCUT2D eigenvalue weighted by molar-refractivity contribution is 6.05. The van der Waals surface area contributed by atoms with Crippen LogP contribution in [-0.4, -0.2) is 46.7 Å². The predicted molar refractivity (Wildman–Crippen MR) is 78.6 cm³/mol. The number of nitrogens with one attached hydrogen (secondary N) is 3. The first-order valence-electron chi connectivity index (χ1n) is 7.40. The van der Waals surface area contributed by atoms with Crippen LogP contribution in [0.4, 0.5) is 0 Å². The molecule has 1 fully saturated rings. The van der Waals surface area contributed by atoms with E-state index in [2.05, 4.69) is 20.6 Å². The number of imidazole rings is 1. The van der Waals surface area contributed by atoms with Gasteiger partial charge in [0, 0.05) is 24.9 Å². The Bertz CT molecular complexity index is 529. The molecular formula is C14H21N5O3. The number of H-pyrrole nitrogens is 1. The van der Waals surface area contributed by atoms with Crippen molar-refractivity contribution < 1.29 is 14.4 Å². The molecule has 120 valence electrons. The summed E-state index contributed by atoms with van der Waals surface area (Å²) in [4.78, 5) is 43.1. The number of carbonyl (C=O) groups excluding carboxylic acids is 3. The zero-order valence-corrected chi connectivity index (χ0v) is 12.3. The van der Waals surface area contributed by atoms with Gasteiger partial charge in [0.1, 0.15) is 0 Å². The number of hydrogen-bond donors (Lipinski definition) is 4. The third kappa shape index (κ3) is 4.14. The van der Waals surface area contributed by atoms with E-state index in [9.17, 15) is 14.4 Å². The predicted octanol–water partition coefficient (Wildman–Crippen LogP) is -1.12. The lowest BCUT2D eigenvalue weighted by Crippen LogP contribution is -2.49. The van der Waals surface area contributed by atoms with Crippen LogP contribution >= 0.6 is 0 Å². The first kappa shape index (κ1) is 16.2. The third-order valence-electron chi connectivity index (χ3n) is 3.72. The number of aromatic amines is 1. The van der Waals surface area contributed by atoms with Crippen LogP contribution < -0.4 is 16.4 Å². The van der Waals surface area contributed by atoms with Gasteiger partial charge in [-0.05, 0) is 12.8 Å². The minimum atomic E-state index is -0.787. The molecule has 1 unspecified atom stereocenters. The fraction of sp³-hybridized carbons (Fsp3) is 0.571. The van der Waals surface area contributed by atoms with Gasteiger partial charge in [0.2, 0.25) is 11.8 Å². The number of ketones is 1. The Balaban J connectivity index is 2.12. The highest BCUT2D eigenvalue weighted by Gasteiger charge is 2.33. The molecule has 5 N–H and O–H groups in total. The Hall–Kier alpha value is -2.22. The molecule has 2 heterocycles. The topological polar surface area (TPSA) is 130 Å². The first-order valence-corrected chi connectivity index (χ1v) is 7.40. The molecule has 8 nitrogen and oxygen atoms in total. The van der Waals surface area contributed by atoms with Crippen LogP contribution in [0.25, 0.3) is 0 Å². The molecule has 0 radical (unpaired) electrons. The fourth-order valence-electron chi connectivity index (χ4n) is 2.55. The van der Waals surface area contributed by atoms with Crippen LogP contribution in [0.5, 0.6) is 0 Å². The van der Waals surface area contributed by atoms with Crippen molar-refractivity contribution in [3.8, 4) is 0 Å². The van der Waals surface area contributed by atoms with Crippen molar-refractivity contribution in [3.05, 3.63) is 18.2 Å². The molecular weight excluding hydrogens is 286 g/mol. The number of carbonyl (C=O) groups is 3. The molecule has 1 saturated heterocycles. The molecule has 2 rings (SSSR count). The van der Waals surface area contributed by atoms with E-state index in [0.29, 0.717) is 18.7 Å². The van der Waals surface area contributed by atoms with Gasteiger partial charge >= 0.3 is 0 Å². The molecule has 22 heavy (non-hydrogen) atoms. The number of nitrogens with zero attached hydrogens (tertiary/aromatic N) is 1. The van der Waals surface area contributed by atoms with Gasteiger partial charge in [-0.25, -0.2) is 4.98 Å². The minimum absolute atomic E-state index is 0.205. The van der Waals surface area contributed by atoms with E-state index in [1.807, 2.05) is 0 Å². The fourth-order valence-corrected chi connectivity index (χ4v) is 2.55. The maximum Gasteiger partial charge on any atom is 0.234 e. The molecule has 1 aliphatic heterocycles. The standard InChI is InChI=1S/C14H21N5O3/c15-6-12(20)19-11(5-9-7-16-8-18-9)13(21)10-3-1-2-4-17-14(10)22/h7-8,10-11H,1-6,15H2,(H,16,18)(H,17,22)(H,19,20)/t10?,11-/m0/s1. The second-order valence-electron chi connectivity index (χ2n) is 5.35. The Morgan fingerprint density at radius 1 is 1.45 bits per heavy atom. The summed E-state index contributed by atoms with van der Waals surface area (Å²) >= 11 is 0. The molecule has 0 aliphatic carbocycles. The van der Waals surface area contributed by atoms with E-state index < -0.39 is 17.9 Å². The first-order chi connectivity index (χ1) is 10.6. The van der Waals surface area contributed by atoms with Crippen LogP contribution in [-0.2, 0) is 20.8 Å². The normalized spacial score (nSPS) is 19.9. The highest BCUT2D eigenvalue weighted by Crippen LogP contribution is 2.16. The Labute approximate surface area is 128 Å². The monoisotopic (exact) mass is 307 g/mol. The van der Waals surface area contributed by atoms with Crippen molar-refractivity contribution in [2.45, 2.75) is 31.7 Å². The van der Waals surface area contributed by atoms with E-state index in [4.69, 9.17) is 5.73 Å². The van der Waals surface area contributed by atoms with E-state index >= 15 is 0 Å². The molecule has 1 aliphatic rings. The lowest BCUT2D eigenvalue weighted by Gasteiger charge is -2.21. The molecule has 0 bridgehead atoms. The average Bonchev–Trinajstić information content (AvgIpc) is 2.93. The lowest BCUT2D eigenvalue weighted by atomic mass is 9.91. The summed E-state index contributed by atoms with van der Waals surface area (Å²) in [6.45, 7) is 0.382. The van der Waals surface area contributed by atoms with Crippen molar-refractivity contribution in [2.24, 2.45) is 11.7 Å². The Kier molecular flexibility index (Phi) is 5.65. The molecule has 2 amide bonds. The second-order valence-corrected chi connectivity index (χ2v) is 5.35. The zero-order valence-electron chi connectivity index (χ0n) is 12.3. The van der Waals surface area contributed by atoms with Crippen LogP contribution in [0.2, 0.25) is 0 Å². The van der Waals surface area contributed by atoms with Crippen molar-refractivity contribution >= 4 is 17.6 Å². The van der Waals surface area contributed by atoms with E-state index in [1.54, 1.807) is 6.20 Å². The summed E-state index contributed by atoms with van der Waals surface area (Å²) in [6, 6.07) is -0.787. The largest absolute Gasteiger partial charge is 0.355 e. The Morgan fingerprint density at radius 3 is 2.95 bits per heavy atom. The number of rotatable bonds is 6. The summed E-state index contributed by atoms with van der Waals surface area (Å²) in [5, 5.41) is 5.34. The van der Waals surface area contributed by atoms with Gasteiger partial charge in [0.25, 0.3) is 0 Å². The van der Waals surface area contributed by atoms with Crippen molar-refractivity contribution in [3.63, 3.8) is 0 Å². The van der Waals surface area contributed by atoms with Gasteiger partial charge in [-0.3, -0.25) is 14.4 Å². The second kappa shape index (κ2) is 7.69. The van der Waals surface area contributed by atoms with E-state index in [1.165, 1.54) is 6.33 Å². The van der Waals surface area contributed by atoms with Gasteiger partial charge in [-0.1, -0.05) is 6.42 Å². The number of hydrogen-bond acceptors (Lipinski definition) is 5. The van der Waals surface area contributed by atoms with E-state index in [0.717, 1.165) is 12.8 Å². The molecule has 0 spiro atoms. The van der Waals surface area contributed by atoms with Gasteiger partial charge in [0.05, 0.1) is 24.8 Å². The SMILES string of the molecule is NCC(=O)N[C@@H](Cc1cnc[nH]1)C(=O)C1CCCCNC1=O. The molecule has 0 aromatic carbocycles. The zero-order chi connectivity index (χ0) is 15.9. The summed E-state index contributed by atoms with van der Waals surface area (Å²) in [5.74, 6) is -1.70. The molecule has 0 saturated carbocycles. The van der Waals surface area contributed by atoms with Crippen LogP contribution in [0.15, 0.2) is 12.5 Å². The summed E-state index contributed by atoms with van der Waals surface area (Å²) in [6.07, 6.45) is 5.51. The number of Topliss-reactive ketones (excluding diaryl/α,β-unsaturated/α-hetero) is 1. The summed E-state index contributed by atoms with van der Waals surface area (Å²) in [5.41, 5.74) is 6.01. The summed E-state index contributed by atoms with van der Waals surface area (Å²) in [7, 11) is 0.